The number of carbonyl (C=O) groups is 2. The van der Waals surface area contributed by atoms with E-state index < -0.39 is 11.6 Å². The maximum absolute atomic E-state index is 10.8. The lowest BCUT2D eigenvalue weighted by Gasteiger charge is -2.18. The molecule has 0 saturated carbocycles. The van der Waals surface area contributed by atoms with Crippen molar-refractivity contribution in [3.8, 4) is 0 Å². The molecule has 0 aromatic carbocycles. The average Bonchev–Trinajstić information content (AvgIpc) is 1.82. The lowest BCUT2D eigenvalue weighted by Crippen LogP contribution is -2.24. The van der Waals surface area contributed by atoms with Crippen molar-refractivity contribution in [2.45, 2.75) is 26.4 Å². The Morgan fingerprint density at radius 3 is 2.18 bits per heavy atom. The highest BCUT2D eigenvalue weighted by Crippen LogP contribution is 2.08. The van der Waals surface area contributed by atoms with E-state index in [1.54, 1.807) is 20.8 Å². The second-order valence-electron chi connectivity index (χ2n) is 3.14. The minimum Gasteiger partial charge on any atom is -0.456 e. The van der Waals surface area contributed by atoms with Gasteiger partial charge in [0.25, 0.3) is 0 Å². The third kappa shape index (κ3) is 4.31. The summed E-state index contributed by atoms with van der Waals surface area (Å²) < 4.78 is 4.82. The normalized spacial score (nSPS) is 10.5. The summed E-state index contributed by atoms with van der Waals surface area (Å²) in [5.41, 5.74) is -0.719. The Bertz CT molecular complexity index is 186. The molecule has 3 heteroatoms. The Kier molecular flexibility index (Phi) is 2.99. The molecule has 0 aromatic heterocycles. The molecule has 0 saturated heterocycles. The van der Waals surface area contributed by atoms with E-state index in [4.69, 9.17) is 4.74 Å². The highest BCUT2D eigenvalue weighted by molar-refractivity contribution is 6.06. The Hall–Kier alpha value is -1.12. The van der Waals surface area contributed by atoms with Crippen molar-refractivity contribution in [2.75, 3.05) is 0 Å². The van der Waals surface area contributed by atoms with Gasteiger partial charge in [-0.1, -0.05) is 6.58 Å². The third-order valence-corrected chi connectivity index (χ3v) is 0.803. The van der Waals surface area contributed by atoms with Gasteiger partial charge in [-0.15, -0.1) is 0 Å². The molecule has 0 radical (unpaired) electrons. The van der Waals surface area contributed by atoms with E-state index >= 15 is 0 Å². The van der Waals surface area contributed by atoms with Crippen LogP contribution >= 0.6 is 0 Å². The quantitative estimate of drug-likeness (QED) is 0.197. The van der Waals surface area contributed by atoms with E-state index in [0.717, 1.165) is 0 Å². The summed E-state index contributed by atoms with van der Waals surface area (Å²) in [6.45, 7) is 8.39. The maximum atomic E-state index is 10.8. The van der Waals surface area contributed by atoms with Gasteiger partial charge >= 0.3 is 5.97 Å². The van der Waals surface area contributed by atoms with Crippen molar-refractivity contribution in [3.05, 3.63) is 12.2 Å². The number of ether oxygens (including phenoxy) is 1. The van der Waals surface area contributed by atoms with Gasteiger partial charge in [-0.25, -0.2) is 4.79 Å². The fourth-order valence-corrected chi connectivity index (χ4v) is 0.392. The van der Waals surface area contributed by atoms with Crippen molar-refractivity contribution >= 4 is 12.3 Å². The Morgan fingerprint density at radius 2 is 1.91 bits per heavy atom. The average molecular weight is 156 g/mol. The lowest BCUT2D eigenvalue weighted by molar-refractivity contribution is -0.150. The zero-order valence-corrected chi connectivity index (χ0v) is 7.01. The molecular formula is C8H12O3. The van der Waals surface area contributed by atoms with Gasteiger partial charge in [0, 0.05) is 0 Å². The molecule has 0 aliphatic heterocycles. The van der Waals surface area contributed by atoms with Crippen LogP contribution in [0.5, 0.6) is 0 Å². The Balaban J connectivity index is 4.09. The van der Waals surface area contributed by atoms with E-state index in [1.807, 2.05) is 0 Å². The van der Waals surface area contributed by atoms with Gasteiger partial charge in [0.15, 0.2) is 6.29 Å². The Labute approximate surface area is 66.0 Å². The predicted molar refractivity (Wildman–Crippen MR) is 41.0 cm³/mol. The molecule has 0 amide bonds. The molecular weight excluding hydrogens is 144 g/mol. The van der Waals surface area contributed by atoms with E-state index in [1.165, 1.54) is 0 Å². The number of aldehydes is 1. The van der Waals surface area contributed by atoms with Crippen LogP contribution in [0.4, 0.5) is 0 Å². The molecule has 11 heavy (non-hydrogen) atoms. The first-order valence-electron chi connectivity index (χ1n) is 3.24. The van der Waals surface area contributed by atoms with Crippen LogP contribution in [0.2, 0.25) is 0 Å². The first-order chi connectivity index (χ1) is 4.87. The molecule has 0 aliphatic carbocycles. The number of hydrogen-bond acceptors (Lipinski definition) is 3. The van der Waals surface area contributed by atoms with Crippen molar-refractivity contribution in [3.63, 3.8) is 0 Å². The molecule has 0 rings (SSSR count). The molecule has 0 aromatic rings. The molecule has 0 atom stereocenters. The highest BCUT2D eigenvalue weighted by atomic mass is 16.6. The SMILES string of the molecule is C=C(C=O)C(=O)OC(C)(C)C. The van der Waals surface area contributed by atoms with E-state index in [0.29, 0.717) is 6.29 Å². The summed E-state index contributed by atoms with van der Waals surface area (Å²) >= 11 is 0. The number of hydrogen-bond donors (Lipinski definition) is 0. The van der Waals surface area contributed by atoms with Crippen LogP contribution in [0.1, 0.15) is 20.8 Å². The topological polar surface area (TPSA) is 43.4 Å². The molecule has 62 valence electrons. The van der Waals surface area contributed by atoms with Gasteiger partial charge in [-0.05, 0) is 20.8 Å². The third-order valence-electron chi connectivity index (χ3n) is 0.803. The Morgan fingerprint density at radius 1 is 1.45 bits per heavy atom. The van der Waals surface area contributed by atoms with Crippen LogP contribution < -0.4 is 0 Å². The van der Waals surface area contributed by atoms with Gasteiger partial charge in [-0.2, -0.15) is 0 Å². The summed E-state index contributed by atoms with van der Waals surface area (Å²) in [5, 5.41) is 0. The van der Waals surface area contributed by atoms with Crippen LogP contribution in [0.25, 0.3) is 0 Å². The van der Waals surface area contributed by atoms with E-state index in [2.05, 4.69) is 6.58 Å². The predicted octanol–water partition coefficient (Wildman–Crippen LogP) is 1.08. The zero-order valence-electron chi connectivity index (χ0n) is 7.01. The van der Waals surface area contributed by atoms with Gasteiger partial charge in [0.2, 0.25) is 0 Å². The largest absolute Gasteiger partial charge is 0.456 e. The van der Waals surface area contributed by atoms with Crippen molar-refractivity contribution in [1.29, 1.82) is 0 Å². The second-order valence-corrected chi connectivity index (χ2v) is 3.14. The monoisotopic (exact) mass is 156 g/mol. The summed E-state index contributed by atoms with van der Waals surface area (Å²) in [7, 11) is 0. The fraction of sp³-hybridized carbons (Fsp3) is 0.500. The van der Waals surface area contributed by atoms with Gasteiger partial charge in [-0.3, -0.25) is 4.79 Å². The highest BCUT2D eigenvalue weighted by Gasteiger charge is 2.17. The molecule has 0 unspecified atom stereocenters. The lowest BCUT2D eigenvalue weighted by atomic mass is 10.2. The van der Waals surface area contributed by atoms with E-state index in [-0.39, 0.29) is 5.57 Å². The van der Waals surface area contributed by atoms with Crippen LogP contribution in [0, 0.1) is 0 Å². The molecule has 0 bridgehead atoms. The molecule has 3 nitrogen and oxygen atoms in total. The molecule has 0 heterocycles. The molecule has 0 fully saturated rings. The first-order valence-corrected chi connectivity index (χ1v) is 3.24. The standard InChI is InChI=1S/C8H12O3/c1-6(5-9)7(10)11-8(2,3)4/h5H,1H2,2-4H3. The second kappa shape index (κ2) is 3.32. The number of esters is 1. The van der Waals surface area contributed by atoms with Crippen LogP contribution in [0.3, 0.4) is 0 Å². The number of rotatable bonds is 2. The van der Waals surface area contributed by atoms with Crippen molar-refractivity contribution < 1.29 is 14.3 Å². The van der Waals surface area contributed by atoms with Gasteiger partial charge in [0.1, 0.15) is 5.60 Å². The zero-order chi connectivity index (χ0) is 9.07. The van der Waals surface area contributed by atoms with Crippen molar-refractivity contribution in [1.82, 2.24) is 0 Å². The first kappa shape index (κ1) is 9.88. The summed E-state index contributed by atoms with van der Waals surface area (Å²) in [4.78, 5) is 20.9. The number of carbonyl (C=O) groups excluding carboxylic acids is 2. The summed E-state index contributed by atoms with van der Waals surface area (Å²) in [5.74, 6) is -0.660. The molecule has 0 N–H and O–H groups in total. The molecule has 0 spiro atoms. The minimum absolute atomic E-state index is 0.153. The van der Waals surface area contributed by atoms with E-state index in [9.17, 15) is 9.59 Å². The van der Waals surface area contributed by atoms with Crippen LogP contribution in [-0.2, 0) is 14.3 Å². The summed E-state index contributed by atoms with van der Waals surface area (Å²) in [6, 6.07) is 0. The van der Waals surface area contributed by atoms with Gasteiger partial charge in [0.05, 0.1) is 5.57 Å². The minimum atomic E-state index is -0.660. The smallest absolute Gasteiger partial charge is 0.341 e. The van der Waals surface area contributed by atoms with Gasteiger partial charge < -0.3 is 4.74 Å². The van der Waals surface area contributed by atoms with Crippen molar-refractivity contribution in [2.24, 2.45) is 0 Å². The maximum Gasteiger partial charge on any atom is 0.341 e. The van der Waals surface area contributed by atoms with Crippen LogP contribution in [0.15, 0.2) is 12.2 Å². The van der Waals surface area contributed by atoms with Crippen LogP contribution in [-0.4, -0.2) is 17.9 Å². The molecule has 0 aliphatic rings. The summed E-state index contributed by atoms with van der Waals surface area (Å²) in [6.07, 6.45) is 0.383. The fourth-order valence-electron chi connectivity index (χ4n) is 0.392.